The standard InChI is InChI=1S/C26H21Cl2F3N2O3.C25H19Cl2F3N2O3/c1-33-9-3-4-15-13(7-8-16(24(15)33)22-17(27)11-14(29)12-18(22)28)10-21(26(35)36)32-25(34)23-19(30)5-2-6-20(23)31;26-16-10-13(28)11-17(27)21(16)15-7-6-12(14-3-2-8-31-23(14)15)9-20(25(34)35)32-24(33)22-18(29)4-1-5-19(22)30/h2,5-8,11-12,21H,3-4,9-10H2,1H3,(H,32,34)(H,35,36);1,4-7,10-11,20,31H,2-3,8-9H2,(H,32,33)(H,34,35)/t21-;20-/m00/s1. The van der Waals surface area contributed by atoms with E-state index in [1.807, 2.05) is 11.9 Å². The maximum absolute atomic E-state index is 14.0. The van der Waals surface area contributed by atoms with Gasteiger partial charge in [0.15, 0.2) is 0 Å². The van der Waals surface area contributed by atoms with Gasteiger partial charge in [0.25, 0.3) is 11.8 Å². The van der Waals surface area contributed by atoms with Gasteiger partial charge in [-0.05, 0) is 96.5 Å². The predicted molar refractivity (Wildman–Crippen MR) is 260 cm³/mol. The van der Waals surface area contributed by atoms with Gasteiger partial charge in [-0.1, -0.05) is 82.8 Å². The number of carboxylic acids is 2. The third-order valence-electron chi connectivity index (χ3n) is 12.0. The van der Waals surface area contributed by atoms with Crippen LogP contribution in [0.4, 0.5) is 37.7 Å². The van der Waals surface area contributed by atoms with Crippen LogP contribution in [0.15, 0.2) is 84.9 Å². The number of aliphatic carboxylic acids is 2. The molecule has 0 spiro atoms. The number of hydrogen-bond donors (Lipinski definition) is 5. The number of rotatable bonds is 12. The lowest BCUT2D eigenvalue weighted by atomic mass is 9.88. The van der Waals surface area contributed by atoms with Crippen LogP contribution in [0.3, 0.4) is 0 Å². The fourth-order valence-corrected chi connectivity index (χ4v) is 10.1. The average molecular weight is 1060 g/mol. The molecule has 6 aromatic rings. The van der Waals surface area contributed by atoms with Crippen molar-refractivity contribution in [1.82, 2.24) is 10.6 Å². The smallest absolute Gasteiger partial charge is 0.326 e. The third-order valence-corrected chi connectivity index (χ3v) is 13.2. The van der Waals surface area contributed by atoms with Crippen LogP contribution in [-0.4, -0.2) is 66.2 Å². The number of nitrogens with zero attached hydrogens (tertiary/aromatic N) is 1. The Morgan fingerprint density at radius 2 is 1.01 bits per heavy atom. The SMILES string of the molecule is CN1CCCc2c(C[C@H](NC(=O)c3c(F)cccc3F)C(=O)O)ccc(-c3c(Cl)cc(F)cc3Cl)c21.O=C(N[C@@H](Cc1ccc(-c2c(Cl)cc(F)cc2Cl)c2c1CCCN2)C(=O)O)c1c(F)cccc1F. The Hall–Kier alpha value is -6.46. The molecule has 0 radical (unpaired) electrons. The van der Waals surface area contributed by atoms with Crippen LogP contribution in [-0.2, 0) is 35.3 Å². The third kappa shape index (κ3) is 11.5. The lowest BCUT2D eigenvalue weighted by Crippen LogP contribution is -2.43. The molecule has 0 aliphatic carbocycles. The molecule has 71 heavy (non-hydrogen) atoms. The van der Waals surface area contributed by atoms with E-state index in [1.54, 1.807) is 24.3 Å². The Morgan fingerprint density at radius 3 is 1.46 bits per heavy atom. The fourth-order valence-electron chi connectivity index (χ4n) is 8.78. The molecule has 0 saturated heterocycles. The second kappa shape index (κ2) is 22.3. The van der Waals surface area contributed by atoms with Gasteiger partial charge in [0.05, 0.1) is 20.1 Å². The first-order chi connectivity index (χ1) is 33.7. The summed E-state index contributed by atoms with van der Waals surface area (Å²) in [7, 11) is 1.87. The van der Waals surface area contributed by atoms with Crippen molar-refractivity contribution in [3.63, 3.8) is 0 Å². The number of carboxylic acid groups (broad SMARTS) is 2. The number of benzene rings is 6. The summed E-state index contributed by atoms with van der Waals surface area (Å²) in [6.45, 7) is 1.36. The number of carbonyl (C=O) groups is 4. The summed E-state index contributed by atoms with van der Waals surface area (Å²) in [5.41, 5.74) is 4.81. The Balaban J connectivity index is 0.000000209. The highest BCUT2D eigenvalue weighted by Gasteiger charge is 2.31. The van der Waals surface area contributed by atoms with Crippen LogP contribution in [0.1, 0.15) is 55.8 Å². The summed E-state index contributed by atoms with van der Waals surface area (Å²) in [5.74, 6) is -10.6. The van der Waals surface area contributed by atoms with Crippen molar-refractivity contribution in [3.05, 3.63) is 173 Å². The second-order valence-corrected chi connectivity index (χ2v) is 18.2. The number of carbonyl (C=O) groups excluding carboxylic acids is 2. The lowest BCUT2D eigenvalue weighted by molar-refractivity contribution is -0.140. The van der Waals surface area contributed by atoms with Crippen molar-refractivity contribution in [2.45, 2.75) is 50.6 Å². The average Bonchev–Trinajstić information content (AvgIpc) is 3.29. The van der Waals surface area contributed by atoms with Crippen LogP contribution in [0, 0.1) is 34.9 Å². The number of amides is 2. The molecule has 0 aromatic heterocycles. The lowest BCUT2D eigenvalue weighted by Gasteiger charge is -2.32. The number of halogens is 10. The first-order valence-corrected chi connectivity index (χ1v) is 23.3. The Morgan fingerprint density at radius 1 is 0.606 bits per heavy atom. The molecule has 370 valence electrons. The summed E-state index contributed by atoms with van der Waals surface area (Å²) in [4.78, 5) is 51.0. The summed E-state index contributed by atoms with van der Waals surface area (Å²) >= 11 is 25.2. The second-order valence-electron chi connectivity index (χ2n) is 16.6. The first-order valence-electron chi connectivity index (χ1n) is 21.7. The van der Waals surface area contributed by atoms with Crippen LogP contribution < -0.4 is 20.9 Å². The molecular weight excluding hydrogens is 1020 g/mol. The molecule has 2 heterocycles. The Kier molecular flexibility index (Phi) is 16.5. The van der Waals surface area contributed by atoms with E-state index in [-0.39, 0.29) is 32.9 Å². The molecule has 6 aromatic carbocycles. The summed E-state index contributed by atoms with van der Waals surface area (Å²) in [6.07, 6.45) is 2.50. The van der Waals surface area contributed by atoms with Crippen molar-refractivity contribution >= 4 is 81.5 Å². The highest BCUT2D eigenvalue weighted by Crippen LogP contribution is 2.46. The molecule has 0 saturated carbocycles. The quantitative estimate of drug-likeness (QED) is 0.0761. The summed E-state index contributed by atoms with van der Waals surface area (Å²) < 4.78 is 83.6. The molecule has 2 amide bonds. The van der Waals surface area contributed by atoms with Gasteiger partial charge >= 0.3 is 11.9 Å². The zero-order valence-corrected chi connectivity index (χ0v) is 40.2. The van der Waals surface area contributed by atoms with Gasteiger partial charge in [0, 0.05) is 66.6 Å². The maximum Gasteiger partial charge on any atom is 0.326 e. The molecule has 20 heteroatoms. The molecule has 0 unspecified atom stereocenters. The Bertz CT molecular complexity index is 3020. The molecule has 2 atom stereocenters. The summed E-state index contributed by atoms with van der Waals surface area (Å²) in [5, 5.41) is 27.7. The number of anilines is 2. The highest BCUT2D eigenvalue weighted by molar-refractivity contribution is 6.40. The van der Waals surface area contributed by atoms with Crippen LogP contribution in [0.25, 0.3) is 22.3 Å². The van der Waals surface area contributed by atoms with E-state index in [0.29, 0.717) is 65.0 Å². The minimum absolute atomic E-state index is 0.125. The van der Waals surface area contributed by atoms with E-state index in [1.165, 1.54) is 12.1 Å². The molecule has 2 aliphatic rings. The van der Waals surface area contributed by atoms with E-state index in [2.05, 4.69) is 16.0 Å². The van der Waals surface area contributed by atoms with Crippen molar-refractivity contribution in [2.24, 2.45) is 0 Å². The van der Waals surface area contributed by atoms with Crippen molar-refractivity contribution < 1.29 is 55.7 Å². The molecule has 10 nitrogen and oxygen atoms in total. The van der Waals surface area contributed by atoms with E-state index in [9.17, 15) is 55.7 Å². The van der Waals surface area contributed by atoms with E-state index in [4.69, 9.17) is 46.4 Å². The van der Waals surface area contributed by atoms with Crippen molar-refractivity contribution in [1.29, 1.82) is 0 Å². The predicted octanol–water partition coefficient (Wildman–Crippen LogP) is 11.7. The number of hydrogen-bond acceptors (Lipinski definition) is 6. The van der Waals surface area contributed by atoms with Gasteiger partial charge in [-0.2, -0.15) is 0 Å². The van der Waals surface area contributed by atoms with E-state index < -0.39 is 81.9 Å². The van der Waals surface area contributed by atoms with Gasteiger partial charge in [-0.3, -0.25) is 9.59 Å². The van der Waals surface area contributed by atoms with E-state index >= 15 is 0 Å². The van der Waals surface area contributed by atoms with Crippen LogP contribution >= 0.6 is 46.4 Å². The van der Waals surface area contributed by atoms with E-state index in [0.717, 1.165) is 78.2 Å². The Labute approximate surface area is 422 Å². The van der Waals surface area contributed by atoms with Crippen molar-refractivity contribution in [2.75, 3.05) is 30.4 Å². The number of fused-ring (bicyclic) bond motifs is 2. The maximum atomic E-state index is 14.0. The molecule has 0 bridgehead atoms. The molecule has 8 rings (SSSR count). The number of nitrogens with one attached hydrogen (secondary N) is 3. The fraction of sp³-hybridized carbons (Fsp3) is 0.216. The van der Waals surface area contributed by atoms with Crippen LogP contribution in [0.2, 0.25) is 20.1 Å². The minimum Gasteiger partial charge on any atom is -0.480 e. The molecule has 0 fully saturated rings. The van der Waals surface area contributed by atoms with Gasteiger partial charge < -0.3 is 31.1 Å². The van der Waals surface area contributed by atoms with Crippen molar-refractivity contribution in [3.8, 4) is 22.3 Å². The highest BCUT2D eigenvalue weighted by atomic mass is 35.5. The van der Waals surface area contributed by atoms with Gasteiger partial charge in [0.2, 0.25) is 0 Å². The first kappa shape index (κ1) is 52.4. The zero-order chi connectivity index (χ0) is 51.4. The topological polar surface area (TPSA) is 148 Å². The molecule has 2 aliphatic heterocycles. The van der Waals surface area contributed by atoms with Crippen LogP contribution in [0.5, 0.6) is 0 Å². The summed E-state index contributed by atoms with van der Waals surface area (Å²) in [6, 6.07) is 14.4. The van der Waals surface area contributed by atoms with Gasteiger partial charge in [-0.15, -0.1) is 0 Å². The minimum atomic E-state index is -1.45. The molecule has 5 N–H and O–H groups in total. The monoisotopic (exact) mass is 1060 g/mol. The van der Waals surface area contributed by atoms with Gasteiger partial charge in [-0.25, -0.2) is 35.9 Å². The zero-order valence-electron chi connectivity index (χ0n) is 37.1. The normalized spacial score (nSPS) is 13.6. The van der Waals surface area contributed by atoms with Gasteiger partial charge in [0.1, 0.15) is 58.1 Å². The largest absolute Gasteiger partial charge is 0.480 e. The molecular formula is C51H40Cl4F6N4O6.